The van der Waals surface area contributed by atoms with E-state index in [0.717, 1.165) is 41.7 Å². The highest BCUT2D eigenvalue weighted by Crippen LogP contribution is 2.40. The molecule has 2 aromatic carbocycles. The number of benzene rings is 2. The Kier molecular flexibility index (Phi) is 4.64. The molecule has 1 saturated heterocycles. The number of para-hydroxylation sites is 3. The summed E-state index contributed by atoms with van der Waals surface area (Å²) in [4.78, 5) is 19.3. The molecule has 0 radical (unpaired) electrons. The maximum absolute atomic E-state index is 12.9. The van der Waals surface area contributed by atoms with Crippen LogP contribution in [0.4, 0.5) is 17.1 Å². The number of hydrogen-bond donors (Lipinski definition) is 0. The number of carbonyl (C=O) groups excluding carboxylic acids is 1. The topological polar surface area (TPSA) is 26.8 Å². The number of nitrogens with zero attached hydrogens (tertiary/aromatic N) is 3. The highest BCUT2D eigenvalue weighted by Gasteiger charge is 2.29. The van der Waals surface area contributed by atoms with Gasteiger partial charge in [0.05, 0.1) is 28.6 Å². The molecule has 2 heterocycles. The van der Waals surface area contributed by atoms with Crippen molar-refractivity contribution in [3.63, 3.8) is 0 Å². The molecular weight excluding hydrogens is 334 g/mol. The van der Waals surface area contributed by atoms with Crippen molar-refractivity contribution in [2.75, 3.05) is 42.5 Å². The normalized spacial score (nSPS) is 17.6. The first-order chi connectivity index (χ1) is 12.2. The monoisotopic (exact) mass is 355 g/mol. The fraction of sp³-hybridized carbons (Fsp3) is 0.350. The number of hydrogen-bond acceptors (Lipinski definition) is 3. The predicted molar refractivity (Wildman–Crippen MR) is 103 cm³/mol. The highest BCUT2D eigenvalue weighted by atomic mass is 35.5. The van der Waals surface area contributed by atoms with Crippen molar-refractivity contribution in [1.82, 2.24) is 4.90 Å². The summed E-state index contributed by atoms with van der Waals surface area (Å²) in [5.41, 5.74) is 3.00. The molecule has 0 saturated carbocycles. The standard InChI is InChI=1S/C20H22ClN3O/c21-16-7-1-2-8-17(16)23-13-14-24(19-10-4-3-9-18(19)23)20(25)15-22-11-5-6-12-22/h1-4,7-10H,5-6,11-15H2. The summed E-state index contributed by atoms with van der Waals surface area (Å²) in [5, 5.41) is 0.731. The van der Waals surface area contributed by atoms with Gasteiger partial charge < -0.3 is 9.80 Å². The molecule has 1 fully saturated rings. The van der Waals surface area contributed by atoms with Gasteiger partial charge >= 0.3 is 0 Å². The van der Waals surface area contributed by atoms with Crippen LogP contribution in [0.1, 0.15) is 12.8 Å². The number of carbonyl (C=O) groups is 1. The molecule has 2 aromatic rings. The van der Waals surface area contributed by atoms with Crippen molar-refractivity contribution in [3.05, 3.63) is 53.6 Å². The number of halogens is 1. The van der Waals surface area contributed by atoms with Gasteiger partial charge in [-0.2, -0.15) is 0 Å². The van der Waals surface area contributed by atoms with Crippen molar-refractivity contribution < 1.29 is 4.79 Å². The molecule has 5 heteroatoms. The Balaban J connectivity index is 1.63. The first kappa shape index (κ1) is 16.4. The summed E-state index contributed by atoms with van der Waals surface area (Å²) in [6.07, 6.45) is 2.40. The van der Waals surface area contributed by atoms with Crippen LogP contribution in [0.25, 0.3) is 0 Å². The summed E-state index contributed by atoms with van der Waals surface area (Å²) in [6, 6.07) is 16.0. The van der Waals surface area contributed by atoms with E-state index in [4.69, 9.17) is 11.6 Å². The minimum atomic E-state index is 0.188. The minimum absolute atomic E-state index is 0.188. The lowest BCUT2D eigenvalue weighted by atomic mass is 10.1. The van der Waals surface area contributed by atoms with Crippen molar-refractivity contribution in [1.29, 1.82) is 0 Å². The number of fused-ring (bicyclic) bond motifs is 1. The highest BCUT2D eigenvalue weighted by molar-refractivity contribution is 6.33. The first-order valence-electron chi connectivity index (χ1n) is 8.88. The summed E-state index contributed by atoms with van der Waals surface area (Å²) in [6.45, 7) is 4.00. The minimum Gasteiger partial charge on any atom is -0.337 e. The third-order valence-electron chi connectivity index (χ3n) is 5.01. The van der Waals surface area contributed by atoms with Crippen molar-refractivity contribution in [2.45, 2.75) is 12.8 Å². The van der Waals surface area contributed by atoms with Gasteiger partial charge in [-0.3, -0.25) is 9.69 Å². The number of amides is 1. The third-order valence-corrected chi connectivity index (χ3v) is 5.33. The van der Waals surface area contributed by atoms with Gasteiger partial charge in [0.15, 0.2) is 0 Å². The Hall–Kier alpha value is -2.04. The second kappa shape index (κ2) is 7.06. The third kappa shape index (κ3) is 3.24. The molecule has 4 rings (SSSR count). The fourth-order valence-corrected chi connectivity index (χ4v) is 4.00. The first-order valence-corrected chi connectivity index (χ1v) is 9.25. The van der Waals surface area contributed by atoms with Gasteiger partial charge in [-0.1, -0.05) is 35.9 Å². The average molecular weight is 356 g/mol. The molecule has 0 bridgehead atoms. The van der Waals surface area contributed by atoms with Crippen LogP contribution in [-0.2, 0) is 4.79 Å². The van der Waals surface area contributed by atoms with E-state index in [2.05, 4.69) is 15.9 Å². The molecule has 0 aliphatic carbocycles. The van der Waals surface area contributed by atoms with E-state index >= 15 is 0 Å². The lowest BCUT2D eigenvalue weighted by Crippen LogP contribution is -2.46. The molecule has 1 amide bonds. The molecule has 0 unspecified atom stereocenters. The van der Waals surface area contributed by atoms with Gasteiger partial charge in [0.2, 0.25) is 5.91 Å². The molecule has 0 spiro atoms. The number of rotatable bonds is 3. The Morgan fingerprint density at radius 2 is 1.48 bits per heavy atom. The van der Waals surface area contributed by atoms with Gasteiger partial charge in [0, 0.05) is 13.1 Å². The maximum Gasteiger partial charge on any atom is 0.241 e. The zero-order chi connectivity index (χ0) is 17.2. The second-order valence-electron chi connectivity index (χ2n) is 6.62. The van der Waals surface area contributed by atoms with Crippen LogP contribution in [0.15, 0.2) is 48.5 Å². The number of anilines is 3. The van der Waals surface area contributed by atoms with E-state index in [0.29, 0.717) is 13.1 Å². The largest absolute Gasteiger partial charge is 0.337 e. The van der Waals surface area contributed by atoms with Crippen molar-refractivity contribution in [2.24, 2.45) is 0 Å². The molecular formula is C20H22ClN3O. The van der Waals surface area contributed by atoms with Crippen LogP contribution < -0.4 is 9.80 Å². The molecule has 4 nitrogen and oxygen atoms in total. The van der Waals surface area contributed by atoms with E-state index in [1.54, 1.807) is 0 Å². The summed E-state index contributed by atoms with van der Waals surface area (Å²) in [5.74, 6) is 0.188. The van der Waals surface area contributed by atoms with Gasteiger partial charge in [-0.15, -0.1) is 0 Å². The van der Waals surface area contributed by atoms with Gasteiger partial charge in [-0.05, 0) is 50.2 Å². The average Bonchev–Trinajstić information content (AvgIpc) is 3.14. The van der Waals surface area contributed by atoms with Crippen LogP contribution in [0.5, 0.6) is 0 Å². The smallest absolute Gasteiger partial charge is 0.241 e. The molecule has 0 aromatic heterocycles. The lowest BCUT2D eigenvalue weighted by Gasteiger charge is -2.38. The van der Waals surface area contributed by atoms with Gasteiger partial charge in [0.25, 0.3) is 0 Å². The summed E-state index contributed by atoms with van der Waals surface area (Å²) < 4.78 is 0. The Morgan fingerprint density at radius 3 is 2.20 bits per heavy atom. The summed E-state index contributed by atoms with van der Waals surface area (Å²) >= 11 is 6.41. The zero-order valence-corrected chi connectivity index (χ0v) is 15.0. The van der Waals surface area contributed by atoms with Crippen molar-refractivity contribution >= 4 is 34.6 Å². The molecule has 25 heavy (non-hydrogen) atoms. The Morgan fingerprint density at radius 1 is 0.840 bits per heavy atom. The van der Waals surface area contributed by atoms with Gasteiger partial charge in [-0.25, -0.2) is 0 Å². The second-order valence-corrected chi connectivity index (χ2v) is 7.03. The Bertz CT molecular complexity index is 773. The molecule has 0 atom stereocenters. The fourth-order valence-electron chi connectivity index (χ4n) is 3.76. The molecule has 0 N–H and O–H groups in total. The number of likely N-dealkylation sites (tertiary alicyclic amines) is 1. The van der Waals surface area contributed by atoms with Crippen molar-refractivity contribution in [3.8, 4) is 0 Å². The maximum atomic E-state index is 12.9. The van der Waals surface area contributed by atoms with E-state index in [9.17, 15) is 4.79 Å². The van der Waals surface area contributed by atoms with E-state index < -0.39 is 0 Å². The zero-order valence-electron chi connectivity index (χ0n) is 14.2. The lowest BCUT2D eigenvalue weighted by molar-refractivity contribution is -0.119. The summed E-state index contributed by atoms with van der Waals surface area (Å²) in [7, 11) is 0. The molecule has 130 valence electrons. The SMILES string of the molecule is O=C(CN1CCCC1)N1CCN(c2ccccc2Cl)c2ccccc21. The molecule has 2 aliphatic rings. The van der Waals surface area contributed by atoms with Crippen LogP contribution in [0.2, 0.25) is 5.02 Å². The van der Waals surface area contributed by atoms with Crippen LogP contribution in [0, 0.1) is 0 Å². The molecule has 2 aliphatic heterocycles. The van der Waals surface area contributed by atoms with Crippen LogP contribution in [0.3, 0.4) is 0 Å². The quantitative estimate of drug-likeness (QED) is 0.834. The van der Waals surface area contributed by atoms with Gasteiger partial charge in [0.1, 0.15) is 0 Å². The van der Waals surface area contributed by atoms with E-state index in [1.807, 2.05) is 47.4 Å². The van der Waals surface area contributed by atoms with Crippen LogP contribution >= 0.6 is 11.6 Å². The van der Waals surface area contributed by atoms with E-state index in [-0.39, 0.29) is 5.91 Å². The Labute approximate surface area is 153 Å². The van der Waals surface area contributed by atoms with Crippen LogP contribution in [-0.4, -0.2) is 43.5 Å². The van der Waals surface area contributed by atoms with E-state index in [1.165, 1.54) is 12.8 Å². The predicted octanol–water partition coefficient (Wildman–Crippen LogP) is 3.92.